The maximum Gasteiger partial charge on any atom is 0.433 e. The lowest BCUT2D eigenvalue weighted by Crippen LogP contribution is -2.45. The molecular formula is C19H21F6N3O. The van der Waals surface area contributed by atoms with Crippen molar-refractivity contribution in [2.24, 2.45) is 0 Å². The Morgan fingerprint density at radius 1 is 1.21 bits per heavy atom. The molecule has 0 spiro atoms. The lowest BCUT2D eigenvalue weighted by atomic mass is 9.99. The Bertz CT molecular complexity index is 867. The average molecular weight is 421 g/mol. The molecule has 4 nitrogen and oxygen atoms in total. The van der Waals surface area contributed by atoms with Crippen molar-refractivity contribution in [3.8, 4) is 0 Å². The van der Waals surface area contributed by atoms with E-state index in [1.54, 1.807) is 0 Å². The van der Waals surface area contributed by atoms with Crippen LogP contribution in [0.1, 0.15) is 35.8 Å². The molecule has 0 aliphatic carbocycles. The Morgan fingerprint density at radius 3 is 2.55 bits per heavy atom. The second-order valence-corrected chi connectivity index (χ2v) is 7.32. The lowest BCUT2D eigenvalue weighted by Gasteiger charge is -2.31. The number of nitrogens with zero attached hydrogens (tertiary/aromatic N) is 2. The Labute approximate surface area is 163 Å². The van der Waals surface area contributed by atoms with Gasteiger partial charge in [0.2, 0.25) is 0 Å². The number of aromatic nitrogens is 1. The number of benzene rings is 1. The van der Waals surface area contributed by atoms with E-state index >= 15 is 0 Å². The maximum absolute atomic E-state index is 13.3. The van der Waals surface area contributed by atoms with Crippen LogP contribution in [0.2, 0.25) is 0 Å². The van der Waals surface area contributed by atoms with Crippen LogP contribution in [0.25, 0.3) is 10.9 Å². The van der Waals surface area contributed by atoms with Gasteiger partial charge in [-0.1, -0.05) is 12.1 Å². The molecule has 3 rings (SSSR count). The van der Waals surface area contributed by atoms with Crippen molar-refractivity contribution in [1.82, 2.24) is 15.2 Å². The van der Waals surface area contributed by atoms with E-state index in [2.05, 4.69) is 15.2 Å². The van der Waals surface area contributed by atoms with E-state index in [1.165, 1.54) is 6.07 Å². The fourth-order valence-electron chi connectivity index (χ4n) is 3.65. The Morgan fingerprint density at radius 2 is 1.93 bits per heavy atom. The van der Waals surface area contributed by atoms with Crippen LogP contribution >= 0.6 is 0 Å². The van der Waals surface area contributed by atoms with Gasteiger partial charge in [-0.15, -0.1) is 0 Å². The summed E-state index contributed by atoms with van der Waals surface area (Å²) in [5, 5.41) is 13.5. The molecule has 1 aliphatic rings. The number of likely N-dealkylation sites (N-methyl/N-ethyl adjacent to an activating group) is 1. The van der Waals surface area contributed by atoms with Gasteiger partial charge in [-0.05, 0) is 44.1 Å². The van der Waals surface area contributed by atoms with Crippen LogP contribution in [0.15, 0.2) is 24.3 Å². The van der Waals surface area contributed by atoms with E-state index in [0.29, 0.717) is 12.1 Å². The molecule has 0 saturated carbocycles. The molecule has 2 heterocycles. The molecule has 2 N–H and O–H groups in total. The number of para-hydroxylation sites is 1. The van der Waals surface area contributed by atoms with E-state index < -0.39 is 35.2 Å². The second-order valence-electron chi connectivity index (χ2n) is 7.32. The number of aliphatic hydroxyl groups is 1. The topological polar surface area (TPSA) is 48.4 Å². The van der Waals surface area contributed by atoms with Crippen LogP contribution in [0.3, 0.4) is 0 Å². The Kier molecular flexibility index (Phi) is 6.07. The minimum atomic E-state index is -4.94. The summed E-state index contributed by atoms with van der Waals surface area (Å²) < 4.78 is 79.7. The van der Waals surface area contributed by atoms with Crippen LogP contribution in [0, 0.1) is 0 Å². The molecule has 2 atom stereocenters. The average Bonchev–Trinajstić information content (AvgIpc) is 2.63. The molecule has 1 aromatic heterocycles. The zero-order valence-corrected chi connectivity index (χ0v) is 15.6. The first-order valence-electron chi connectivity index (χ1n) is 9.15. The van der Waals surface area contributed by atoms with Gasteiger partial charge in [0, 0.05) is 24.5 Å². The third-order valence-corrected chi connectivity index (χ3v) is 5.05. The molecule has 1 aliphatic heterocycles. The summed E-state index contributed by atoms with van der Waals surface area (Å²) in [5.41, 5.74) is -3.78. The van der Waals surface area contributed by atoms with E-state index in [1.807, 2.05) is 7.05 Å². The summed E-state index contributed by atoms with van der Waals surface area (Å²) in [4.78, 5) is 5.32. The predicted octanol–water partition coefficient (Wildman–Crippen LogP) is 3.99. The predicted molar refractivity (Wildman–Crippen MR) is 95.2 cm³/mol. The maximum atomic E-state index is 13.3. The van der Waals surface area contributed by atoms with Gasteiger partial charge in [0.1, 0.15) is 5.69 Å². The highest BCUT2D eigenvalue weighted by Gasteiger charge is 2.38. The molecule has 29 heavy (non-hydrogen) atoms. The van der Waals surface area contributed by atoms with Crippen molar-refractivity contribution in [3.63, 3.8) is 0 Å². The van der Waals surface area contributed by atoms with Crippen LogP contribution in [0.4, 0.5) is 26.3 Å². The van der Waals surface area contributed by atoms with Crippen LogP contribution < -0.4 is 5.32 Å². The smallest absolute Gasteiger partial charge is 0.387 e. The number of fused-ring (bicyclic) bond motifs is 1. The minimum absolute atomic E-state index is 0.0457. The molecule has 0 bridgehead atoms. The van der Waals surface area contributed by atoms with Crippen molar-refractivity contribution < 1.29 is 31.4 Å². The molecule has 1 fully saturated rings. The molecular weight excluding hydrogens is 400 g/mol. The van der Waals surface area contributed by atoms with Crippen molar-refractivity contribution >= 4 is 10.9 Å². The van der Waals surface area contributed by atoms with Gasteiger partial charge in [0.15, 0.2) is 0 Å². The molecule has 0 amide bonds. The molecule has 10 heteroatoms. The standard InChI is InChI=1S/C19H21F6N3O/c1-28-7-3-4-11(10-28)26-9-15(29)13-8-16(19(23,24)25)27-17-12(13)5-2-6-14(17)18(20,21)22/h2,5-6,8,11,15,26,29H,3-4,7,9-10H2,1H3. The number of pyridine rings is 1. The molecule has 1 aromatic carbocycles. The zero-order chi connectivity index (χ0) is 21.4. The lowest BCUT2D eigenvalue weighted by molar-refractivity contribution is -0.142. The third-order valence-electron chi connectivity index (χ3n) is 5.05. The normalized spacial score (nSPS) is 20.2. The van der Waals surface area contributed by atoms with E-state index in [9.17, 15) is 31.4 Å². The van der Waals surface area contributed by atoms with Crippen molar-refractivity contribution in [3.05, 3.63) is 41.1 Å². The van der Waals surface area contributed by atoms with Crippen LogP contribution in [-0.2, 0) is 12.4 Å². The number of aliphatic hydroxyl groups excluding tert-OH is 1. The molecule has 0 radical (unpaired) electrons. The summed E-state index contributed by atoms with van der Waals surface area (Å²) >= 11 is 0. The number of alkyl halides is 6. The zero-order valence-electron chi connectivity index (χ0n) is 15.6. The van der Waals surface area contributed by atoms with Gasteiger partial charge in [-0.2, -0.15) is 26.3 Å². The van der Waals surface area contributed by atoms with Gasteiger partial charge in [0.25, 0.3) is 0 Å². The first-order chi connectivity index (χ1) is 13.5. The van der Waals surface area contributed by atoms with E-state index in [4.69, 9.17) is 0 Å². The summed E-state index contributed by atoms with van der Waals surface area (Å²) in [6.45, 7) is 1.58. The number of nitrogens with one attached hydrogen (secondary N) is 1. The minimum Gasteiger partial charge on any atom is -0.387 e. The monoisotopic (exact) mass is 421 g/mol. The Balaban J connectivity index is 1.99. The SMILES string of the molecule is CN1CCCC(NCC(O)c2cc(C(F)(F)F)nc3c(C(F)(F)F)cccc23)C1. The van der Waals surface area contributed by atoms with Crippen LogP contribution in [-0.4, -0.2) is 47.7 Å². The number of halogens is 6. The number of rotatable bonds is 4. The van der Waals surface area contributed by atoms with Gasteiger partial charge in [-0.3, -0.25) is 0 Å². The first kappa shape index (κ1) is 21.8. The number of hydrogen-bond donors (Lipinski definition) is 2. The highest BCUT2D eigenvalue weighted by molar-refractivity contribution is 5.86. The van der Waals surface area contributed by atoms with Gasteiger partial charge in [0.05, 0.1) is 17.2 Å². The molecule has 1 saturated heterocycles. The van der Waals surface area contributed by atoms with E-state index in [0.717, 1.165) is 32.0 Å². The summed E-state index contributed by atoms with van der Waals surface area (Å²) in [6.07, 6.45) is -9.45. The highest BCUT2D eigenvalue weighted by atomic mass is 19.4. The number of likely N-dealkylation sites (tertiary alicyclic amines) is 1. The first-order valence-corrected chi connectivity index (χ1v) is 9.15. The third kappa shape index (κ3) is 4.99. The van der Waals surface area contributed by atoms with Crippen molar-refractivity contribution in [2.75, 3.05) is 26.7 Å². The highest BCUT2D eigenvalue weighted by Crippen LogP contribution is 2.38. The fraction of sp³-hybridized carbons (Fsp3) is 0.526. The number of hydrogen-bond acceptors (Lipinski definition) is 4. The van der Waals surface area contributed by atoms with Crippen LogP contribution in [0.5, 0.6) is 0 Å². The van der Waals surface area contributed by atoms with Gasteiger partial charge in [-0.25, -0.2) is 4.98 Å². The molecule has 2 unspecified atom stereocenters. The summed E-state index contributed by atoms with van der Waals surface area (Å²) in [7, 11) is 1.94. The largest absolute Gasteiger partial charge is 0.433 e. The van der Waals surface area contributed by atoms with Crippen molar-refractivity contribution in [1.29, 1.82) is 0 Å². The van der Waals surface area contributed by atoms with E-state index in [-0.39, 0.29) is 23.5 Å². The Hall–Kier alpha value is -1.91. The van der Waals surface area contributed by atoms with Gasteiger partial charge < -0.3 is 15.3 Å². The number of piperidine rings is 1. The summed E-state index contributed by atoms with van der Waals surface area (Å²) in [5.74, 6) is 0. The molecule has 2 aromatic rings. The summed E-state index contributed by atoms with van der Waals surface area (Å²) in [6, 6.07) is 3.69. The fourth-order valence-corrected chi connectivity index (χ4v) is 3.65. The van der Waals surface area contributed by atoms with Crippen molar-refractivity contribution in [2.45, 2.75) is 37.3 Å². The van der Waals surface area contributed by atoms with Gasteiger partial charge >= 0.3 is 12.4 Å². The second kappa shape index (κ2) is 8.08. The molecule has 160 valence electrons. The quantitative estimate of drug-likeness (QED) is 0.733.